The smallest absolute Gasteiger partial charge is 0.251 e. The topological polar surface area (TPSA) is 108 Å². The van der Waals surface area contributed by atoms with Crippen LogP contribution in [-0.2, 0) is 16.0 Å². The summed E-state index contributed by atoms with van der Waals surface area (Å²) in [6, 6.07) is 14.7. The molecule has 3 unspecified atom stereocenters. The number of hydrogen-bond donors (Lipinski definition) is 3. The van der Waals surface area contributed by atoms with Crippen LogP contribution in [0.2, 0.25) is 0 Å². The molecule has 43 heavy (non-hydrogen) atoms. The minimum atomic E-state index is -0.932. The van der Waals surface area contributed by atoms with Crippen molar-refractivity contribution in [3.05, 3.63) is 59.7 Å². The Bertz CT molecular complexity index is 1310. The summed E-state index contributed by atoms with van der Waals surface area (Å²) >= 11 is 0. The van der Waals surface area contributed by atoms with Crippen molar-refractivity contribution in [3.8, 4) is 5.75 Å². The van der Waals surface area contributed by atoms with Crippen molar-refractivity contribution >= 4 is 23.4 Å². The van der Waals surface area contributed by atoms with Gasteiger partial charge in [0, 0.05) is 42.2 Å². The van der Waals surface area contributed by atoms with Crippen molar-refractivity contribution in [2.75, 3.05) is 11.4 Å². The van der Waals surface area contributed by atoms with Crippen molar-refractivity contribution in [1.82, 2.24) is 10.6 Å². The molecule has 3 aliphatic carbocycles. The molecule has 230 valence electrons. The number of ether oxygens (including phenoxy) is 1. The average Bonchev–Trinajstić information content (AvgIpc) is 3.72. The number of aliphatic hydroxyl groups is 1. The average molecular weight is 588 g/mol. The van der Waals surface area contributed by atoms with Crippen molar-refractivity contribution in [3.63, 3.8) is 0 Å². The highest BCUT2D eigenvalue weighted by molar-refractivity contribution is 5.99. The van der Waals surface area contributed by atoms with E-state index in [4.69, 9.17) is 4.74 Å². The van der Waals surface area contributed by atoms with Crippen molar-refractivity contribution in [1.29, 1.82) is 0 Å². The van der Waals surface area contributed by atoms with E-state index in [0.29, 0.717) is 42.3 Å². The van der Waals surface area contributed by atoms with Gasteiger partial charge < -0.3 is 25.4 Å². The lowest BCUT2D eigenvalue weighted by molar-refractivity contribution is -0.126. The predicted molar refractivity (Wildman–Crippen MR) is 165 cm³/mol. The van der Waals surface area contributed by atoms with E-state index in [0.717, 1.165) is 43.6 Å². The molecule has 2 bridgehead atoms. The molecule has 6 rings (SSSR count). The first-order valence-corrected chi connectivity index (χ1v) is 16.3. The summed E-state index contributed by atoms with van der Waals surface area (Å²) in [5, 5.41) is 17.8. The van der Waals surface area contributed by atoms with Crippen molar-refractivity contribution < 1.29 is 24.2 Å². The molecular weight excluding hydrogens is 542 g/mol. The van der Waals surface area contributed by atoms with Crippen LogP contribution in [0.1, 0.15) is 87.1 Å². The third kappa shape index (κ3) is 7.06. The molecule has 8 nitrogen and oxygen atoms in total. The predicted octanol–water partition coefficient (Wildman–Crippen LogP) is 4.78. The maximum Gasteiger partial charge on any atom is 0.251 e. The highest BCUT2D eigenvalue weighted by Crippen LogP contribution is 2.44. The molecule has 4 aliphatic rings. The number of fused-ring (bicyclic) bond motifs is 2. The number of anilines is 1. The lowest BCUT2D eigenvalue weighted by Crippen LogP contribution is -2.47. The Morgan fingerprint density at radius 3 is 2.51 bits per heavy atom. The van der Waals surface area contributed by atoms with E-state index in [1.54, 1.807) is 17.0 Å². The maximum atomic E-state index is 13.8. The molecule has 3 amide bonds. The zero-order valence-electron chi connectivity index (χ0n) is 25.2. The van der Waals surface area contributed by atoms with Crippen LogP contribution in [-0.4, -0.2) is 53.7 Å². The Balaban J connectivity index is 1.17. The van der Waals surface area contributed by atoms with E-state index in [2.05, 4.69) is 10.6 Å². The zero-order valence-corrected chi connectivity index (χ0v) is 25.2. The highest BCUT2D eigenvalue weighted by atomic mass is 16.5. The lowest BCUT2D eigenvalue weighted by atomic mass is 9.91. The number of carbonyl (C=O) groups is 3. The summed E-state index contributed by atoms with van der Waals surface area (Å²) in [7, 11) is 0. The van der Waals surface area contributed by atoms with Gasteiger partial charge in [-0.25, -0.2) is 0 Å². The monoisotopic (exact) mass is 587 g/mol. The third-order valence-electron chi connectivity index (χ3n) is 10.1. The van der Waals surface area contributed by atoms with E-state index < -0.39 is 18.1 Å². The first-order chi connectivity index (χ1) is 20.8. The molecule has 6 atom stereocenters. The van der Waals surface area contributed by atoms with Crippen LogP contribution in [0, 0.1) is 17.8 Å². The second-order valence-electron chi connectivity index (χ2n) is 13.3. The van der Waals surface area contributed by atoms with Gasteiger partial charge in [0.05, 0.1) is 18.2 Å². The molecule has 1 heterocycles. The standard InChI is InChI=1S/C35H45N3O5/c1-22(34(41)36-30-18-24-12-13-25(30)16-24)15-32(39)31(17-23-7-3-2-4-8-23)37-35(42)26-19-27(38-14-6-11-33(38)40)21-29(20-26)43-28-9-5-10-28/h2-4,7-8,19-22,24-25,28,30-32,39H,5-6,9-18H2,1H3,(H,36,41)(H,37,42)/t22-,24?,25?,30?,31+,32+/m1/s1. The second-order valence-corrected chi connectivity index (χ2v) is 13.3. The van der Waals surface area contributed by atoms with Gasteiger partial charge in [-0.05, 0) is 87.3 Å². The van der Waals surface area contributed by atoms with Crippen molar-refractivity contribution in [2.24, 2.45) is 17.8 Å². The van der Waals surface area contributed by atoms with Crippen LogP contribution < -0.4 is 20.3 Å². The van der Waals surface area contributed by atoms with Gasteiger partial charge in [-0.3, -0.25) is 14.4 Å². The van der Waals surface area contributed by atoms with Gasteiger partial charge >= 0.3 is 0 Å². The van der Waals surface area contributed by atoms with Crippen LogP contribution in [0.5, 0.6) is 5.75 Å². The number of nitrogens with one attached hydrogen (secondary N) is 2. The number of carbonyl (C=O) groups excluding carboxylic acids is 3. The number of rotatable bonds is 12. The van der Waals surface area contributed by atoms with Crippen LogP contribution in [0.25, 0.3) is 0 Å². The maximum absolute atomic E-state index is 13.8. The Kier molecular flexibility index (Phi) is 9.03. The highest BCUT2D eigenvalue weighted by Gasteiger charge is 2.40. The molecule has 0 spiro atoms. The number of hydrogen-bond acceptors (Lipinski definition) is 5. The fourth-order valence-corrected chi connectivity index (χ4v) is 7.32. The van der Waals surface area contributed by atoms with Crippen LogP contribution in [0.4, 0.5) is 5.69 Å². The Morgan fingerprint density at radius 1 is 1.05 bits per heavy atom. The van der Waals surface area contributed by atoms with Gasteiger partial charge in [-0.15, -0.1) is 0 Å². The van der Waals surface area contributed by atoms with Crippen LogP contribution >= 0.6 is 0 Å². The third-order valence-corrected chi connectivity index (χ3v) is 10.1. The largest absolute Gasteiger partial charge is 0.490 e. The zero-order chi connectivity index (χ0) is 29.9. The van der Waals surface area contributed by atoms with Gasteiger partial charge in [0.15, 0.2) is 0 Å². The molecular formula is C35H45N3O5. The first-order valence-electron chi connectivity index (χ1n) is 16.3. The number of aliphatic hydroxyl groups excluding tert-OH is 1. The normalized spacial score (nSPS) is 25.2. The number of nitrogens with zero attached hydrogens (tertiary/aromatic N) is 1. The molecule has 3 N–H and O–H groups in total. The molecule has 0 radical (unpaired) electrons. The van der Waals surface area contributed by atoms with E-state index >= 15 is 0 Å². The summed E-state index contributed by atoms with van der Waals surface area (Å²) in [6.45, 7) is 2.47. The Morgan fingerprint density at radius 2 is 1.86 bits per heavy atom. The second kappa shape index (κ2) is 13.1. The van der Waals surface area contributed by atoms with Crippen molar-refractivity contribution in [2.45, 2.75) is 102 Å². The summed E-state index contributed by atoms with van der Waals surface area (Å²) in [6.07, 6.45) is 8.96. The van der Waals surface area contributed by atoms with Gasteiger partial charge in [0.2, 0.25) is 11.8 Å². The lowest BCUT2D eigenvalue weighted by Gasteiger charge is -2.29. The summed E-state index contributed by atoms with van der Waals surface area (Å²) in [5.74, 6) is 1.19. The van der Waals surface area contributed by atoms with Gasteiger partial charge in [-0.2, -0.15) is 0 Å². The van der Waals surface area contributed by atoms with Gasteiger partial charge in [0.25, 0.3) is 5.91 Å². The summed E-state index contributed by atoms with van der Waals surface area (Å²) < 4.78 is 6.16. The van der Waals surface area contributed by atoms with E-state index in [1.165, 1.54) is 19.3 Å². The molecule has 3 saturated carbocycles. The first kappa shape index (κ1) is 29.7. The SMILES string of the molecule is C[C@H](C[C@H](O)[C@H](Cc1ccccc1)NC(=O)c1cc(OC2CCC2)cc(N2CCCC2=O)c1)C(=O)NC1CC2CCC1C2. The molecule has 1 saturated heterocycles. The van der Waals surface area contributed by atoms with Crippen LogP contribution in [0.15, 0.2) is 48.5 Å². The number of benzene rings is 2. The fourth-order valence-electron chi connectivity index (χ4n) is 7.32. The molecule has 0 aromatic heterocycles. The molecule has 8 heteroatoms. The fraction of sp³-hybridized carbons (Fsp3) is 0.571. The molecule has 2 aromatic rings. The Hall–Kier alpha value is -3.39. The van der Waals surface area contributed by atoms with Crippen LogP contribution in [0.3, 0.4) is 0 Å². The number of amides is 3. The summed E-state index contributed by atoms with van der Waals surface area (Å²) in [4.78, 5) is 41.2. The van der Waals surface area contributed by atoms with E-state index in [-0.39, 0.29) is 36.3 Å². The van der Waals surface area contributed by atoms with E-state index in [1.807, 2.05) is 43.3 Å². The molecule has 4 fully saturated rings. The molecule has 1 aliphatic heterocycles. The minimum absolute atomic E-state index is 0.0258. The molecule has 2 aromatic carbocycles. The summed E-state index contributed by atoms with van der Waals surface area (Å²) in [5.41, 5.74) is 2.03. The quantitative estimate of drug-likeness (QED) is 0.331. The Labute approximate surface area is 254 Å². The van der Waals surface area contributed by atoms with Gasteiger partial charge in [-0.1, -0.05) is 43.7 Å². The minimum Gasteiger partial charge on any atom is -0.490 e. The van der Waals surface area contributed by atoms with Gasteiger partial charge in [0.1, 0.15) is 5.75 Å². The van der Waals surface area contributed by atoms with E-state index in [9.17, 15) is 19.5 Å².